The summed E-state index contributed by atoms with van der Waals surface area (Å²) in [6.45, 7) is 9.24. The van der Waals surface area contributed by atoms with Crippen molar-refractivity contribution in [1.82, 2.24) is 15.8 Å². The molecule has 0 fully saturated rings. The Bertz CT molecular complexity index is 374. The SMILES string of the molecule is Cc1cc(CNC(C)C(=O)NCCC(C)C)no1. The van der Waals surface area contributed by atoms with Crippen molar-refractivity contribution in [2.45, 2.75) is 46.7 Å². The molecule has 0 aliphatic heterocycles. The third kappa shape index (κ3) is 5.31. The highest BCUT2D eigenvalue weighted by atomic mass is 16.5. The molecule has 5 heteroatoms. The van der Waals surface area contributed by atoms with Gasteiger partial charge < -0.3 is 15.2 Å². The molecule has 1 amide bonds. The fourth-order valence-corrected chi connectivity index (χ4v) is 1.49. The van der Waals surface area contributed by atoms with Crippen molar-refractivity contribution in [3.05, 3.63) is 17.5 Å². The molecule has 0 aromatic carbocycles. The number of hydrogen-bond donors (Lipinski definition) is 2. The van der Waals surface area contributed by atoms with Gasteiger partial charge in [0.15, 0.2) is 0 Å². The molecule has 0 saturated heterocycles. The number of nitrogens with zero attached hydrogens (tertiary/aromatic N) is 1. The smallest absolute Gasteiger partial charge is 0.236 e. The fourth-order valence-electron chi connectivity index (χ4n) is 1.49. The van der Waals surface area contributed by atoms with Gasteiger partial charge in [0.1, 0.15) is 5.76 Å². The Morgan fingerprint density at radius 2 is 2.17 bits per heavy atom. The van der Waals surface area contributed by atoms with E-state index in [4.69, 9.17) is 4.52 Å². The number of hydrogen-bond acceptors (Lipinski definition) is 4. The molecular formula is C13H23N3O2. The molecule has 18 heavy (non-hydrogen) atoms. The van der Waals surface area contributed by atoms with Gasteiger partial charge in [-0.15, -0.1) is 0 Å². The minimum Gasteiger partial charge on any atom is -0.361 e. The normalized spacial score (nSPS) is 12.7. The van der Waals surface area contributed by atoms with Crippen LogP contribution in [0.2, 0.25) is 0 Å². The molecule has 1 heterocycles. The van der Waals surface area contributed by atoms with Gasteiger partial charge in [-0.3, -0.25) is 4.79 Å². The summed E-state index contributed by atoms with van der Waals surface area (Å²) >= 11 is 0. The van der Waals surface area contributed by atoms with E-state index in [0.29, 0.717) is 12.5 Å². The molecule has 1 atom stereocenters. The molecule has 0 bridgehead atoms. The summed E-state index contributed by atoms with van der Waals surface area (Å²) < 4.78 is 4.96. The van der Waals surface area contributed by atoms with Crippen LogP contribution >= 0.6 is 0 Å². The predicted octanol–water partition coefficient (Wildman–Crippen LogP) is 1.62. The molecule has 1 aromatic rings. The van der Waals surface area contributed by atoms with Crippen molar-refractivity contribution in [1.29, 1.82) is 0 Å². The predicted molar refractivity (Wildman–Crippen MR) is 70.0 cm³/mol. The van der Waals surface area contributed by atoms with Gasteiger partial charge in [0, 0.05) is 19.2 Å². The van der Waals surface area contributed by atoms with E-state index in [1.807, 2.05) is 19.9 Å². The van der Waals surface area contributed by atoms with Gasteiger partial charge in [-0.1, -0.05) is 19.0 Å². The summed E-state index contributed by atoms with van der Waals surface area (Å²) in [5.41, 5.74) is 0.814. The van der Waals surface area contributed by atoms with Crippen molar-refractivity contribution in [2.75, 3.05) is 6.54 Å². The topological polar surface area (TPSA) is 67.2 Å². The van der Waals surface area contributed by atoms with Crippen LogP contribution in [0.3, 0.4) is 0 Å². The average Bonchev–Trinajstić information content (AvgIpc) is 2.71. The Labute approximate surface area is 108 Å². The van der Waals surface area contributed by atoms with Crippen molar-refractivity contribution in [3.63, 3.8) is 0 Å². The number of nitrogens with one attached hydrogen (secondary N) is 2. The zero-order valence-corrected chi connectivity index (χ0v) is 11.6. The van der Waals surface area contributed by atoms with Crippen molar-refractivity contribution in [3.8, 4) is 0 Å². The molecule has 0 radical (unpaired) electrons. The highest BCUT2D eigenvalue weighted by Crippen LogP contribution is 2.01. The number of aromatic nitrogens is 1. The van der Waals surface area contributed by atoms with E-state index in [2.05, 4.69) is 29.6 Å². The first-order valence-corrected chi connectivity index (χ1v) is 6.42. The maximum atomic E-state index is 11.7. The van der Waals surface area contributed by atoms with Crippen LogP contribution in [0.1, 0.15) is 38.6 Å². The Balaban J connectivity index is 2.23. The summed E-state index contributed by atoms with van der Waals surface area (Å²) in [5, 5.41) is 9.89. The second-order valence-electron chi connectivity index (χ2n) is 5.01. The van der Waals surface area contributed by atoms with E-state index in [-0.39, 0.29) is 11.9 Å². The molecule has 102 valence electrons. The first-order valence-electron chi connectivity index (χ1n) is 6.42. The van der Waals surface area contributed by atoms with Gasteiger partial charge in [0.2, 0.25) is 5.91 Å². The second kappa shape index (κ2) is 7.16. The number of rotatable bonds is 7. The monoisotopic (exact) mass is 253 g/mol. The van der Waals surface area contributed by atoms with E-state index in [1.165, 1.54) is 0 Å². The maximum Gasteiger partial charge on any atom is 0.236 e. The molecule has 2 N–H and O–H groups in total. The maximum absolute atomic E-state index is 11.7. The summed E-state index contributed by atoms with van der Waals surface area (Å²) in [7, 11) is 0. The fraction of sp³-hybridized carbons (Fsp3) is 0.692. The first-order chi connectivity index (χ1) is 8.49. The second-order valence-corrected chi connectivity index (χ2v) is 5.01. The van der Waals surface area contributed by atoms with Crippen LogP contribution in [0, 0.1) is 12.8 Å². The Hall–Kier alpha value is -1.36. The van der Waals surface area contributed by atoms with Crippen molar-refractivity contribution in [2.24, 2.45) is 5.92 Å². The van der Waals surface area contributed by atoms with E-state index in [1.54, 1.807) is 0 Å². The van der Waals surface area contributed by atoms with Crippen LogP contribution in [-0.2, 0) is 11.3 Å². The third-order valence-electron chi connectivity index (χ3n) is 2.68. The number of carbonyl (C=O) groups excluding carboxylic acids is 1. The van der Waals surface area contributed by atoms with Gasteiger partial charge in [-0.2, -0.15) is 0 Å². The summed E-state index contributed by atoms with van der Waals surface area (Å²) in [6, 6.07) is 1.63. The van der Waals surface area contributed by atoms with Crippen LogP contribution in [0.4, 0.5) is 0 Å². The lowest BCUT2D eigenvalue weighted by molar-refractivity contribution is -0.122. The Morgan fingerprint density at radius 3 is 2.72 bits per heavy atom. The van der Waals surface area contributed by atoms with Crippen LogP contribution < -0.4 is 10.6 Å². The minimum atomic E-state index is -0.228. The summed E-state index contributed by atoms with van der Waals surface area (Å²) in [5.74, 6) is 1.41. The summed E-state index contributed by atoms with van der Waals surface area (Å²) in [6.07, 6.45) is 1.00. The number of carbonyl (C=O) groups is 1. The van der Waals surface area contributed by atoms with E-state index >= 15 is 0 Å². The van der Waals surface area contributed by atoms with Gasteiger partial charge in [-0.25, -0.2) is 0 Å². The van der Waals surface area contributed by atoms with Gasteiger partial charge in [0.05, 0.1) is 11.7 Å². The largest absolute Gasteiger partial charge is 0.361 e. The molecule has 1 aromatic heterocycles. The molecule has 0 saturated carbocycles. The zero-order valence-electron chi connectivity index (χ0n) is 11.6. The Morgan fingerprint density at radius 1 is 1.44 bits per heavy atom. The summed E-state index contributed by atoms with van der Waals surface area (Å²) in [4.78, 5) is 11.7. The third-order valence-corrected chi connectivity index (χ3v) is 2.68. The number of amides is 1. The van der Waals surface area contributed by atoms with Crippen LogP contribution in [0.25, 0.3) is 0 Å². The van der Waals surface area contributed by atoms with Gasteiger partial charge in [0.25, 0.3) is 0 Å². The zero-order chi connectivity index (χ0) is 13.5. The molecule has 1 rings (SSSR count). The van der Waals surface area contributed by atoms with E-state index in [9.17, 15) is 4.79 Å². The van der Waals surface area contributed by atoms with Crippen LogP contribution in [-0.4, -0.2) is 23.7 Å². The molecular weight excluding hydrogens is 230 g/mol. The molecule has 0 aliphatic carbocycles. The molecule has 1 unspecified atom stereocenters. The minimum absolute atomic E-state index is 0.0240. The lowest BCUT2D eigenvalue weighted by Gasteiger charge is -2.13. The molecule has 0 spiro atoms. The highest BCUT2D eigenvalue weighted by molar-refractivity contribution is 5.81. The molecule has 5 nitrogen and oxygen atoms in total. The van der Waals surface area contributed by atoms with Crippen LogP contribution in [0.15, 0.2) is 10.6 Å². The highest BCUT2D eigenvalue weighted by Gasteiger charge is 2.12. The van der Waals surface area contributed by atoms with Crippen LogP contribution in [0.5, 0.6) is 0 Å². The lowest BCUT2D eigenvalue weighted by atomic mass is 10.1. The standard InChI is InChI=1S/C13H23N3O2/c1-9(2)5-6-14-13(17)11(4)15-8-12-7-10(3)18-16-12/h7,9,11,15H,5-6,8H2,1-4H3,(H,14,17). The van der Waals surface area contributed by atoms with E-state index < -0.39 is 0 Å². The number of aryl methyl sites for hydroxylation is 1. The quantitative estimate of drug-likeness (QED) is 0.775. The Kier molecular flexibility index (Phi) is 5.85. The van der Waals surface area contributed by atoms with E-state index in [0.717, 1.165) is 24.4 Å². The lowest BCUT2D eigenvalue weighted by Crippen LogP contribution is -2.42. The van der Waals surface area contributed by atoms with Crippen molar-refractivity contribution < 1.29 is 9.32 Å². The first kappa shape index (κ1) is 14.7. The van der Waals surface area contributed by atoms with Gasteiger partial charge in [-0.05, 0) is 26.2 Å². The van der Waals surface area contributed by atoms with Crippen molar-refractivity contribution >= 4 is 5.91 Å². The average molecular weight is 253 g/mol. The molecule has 0 aliphatic rings. The van der Waals surface area contributed by atoms with Gasteiger partial charge >= 0.3 is 0 Å².